The van der Waals surface area contributed by atoms with Crippen molar-refractivity contribution < 1.29 is 40.7 Å². The summed E-state index contributed by atoms with van der Waals surface area (Å²) >= 11 is 0. The smallest absolute Gasteiger partial charge is 0.416 e. The van der Waals surface area contributed by atoms with Crippen LogP contribution >= 0.6 is 0 Å². The molecule has 3 N–H and O–H groups in total. The van der Waals surface area contributed by atoms with Crippen LogP contribution in [0.1, 0.15) is 66.2 Å². The molecule has 2 aliphatic heterocycles. The largest absolute Gasteiger partial charge is 0.443 e. The molecule has 2 atom stereocenters. The van der Waals surface area contributed by atoms with Crippen molar-refractivity contribution in [1.29, 1.82) is 0 Å². The molecule has 1 aliphatic carbocycles. The van der Waals surface area contributed by atoms with Crippen LogP contribution in [0.4, 0.5) is 18.0 Å². The van der Waals surface area contributed by atoms with Crippen LogP contribution in [0.5, 0.6) is 0 Å². The molecule has 11 nitrogen and oxygen atoms in total. The molecule has 15 heteroatoms. The molecule has 266 valence electrons. The first-order valence-electron chi connectivity index (χ1n) is 16.3. The van der Waals surface area contributed by atoms with Crippen LogP contribution in [-0.4, -0.2) is 65.5 Å². The number of benzene rings is 2. The normalized spacial score (nSPS) is 19.2. The van der Waals surface area contributed by atoms with Crippen molar-refractivity contribution in [2.45, 2.75) is 69.8 Å². The number of aryl methyl sites for hydroxylation is 1. The second-order valence-electron chi connectivity index (χ2n) is 12.9. The van der Waals surface area contributed by atoms with Gasteiger partial charge in [-0.15, -0.1) is 0 Å². The molecule has 0 radical (unpaired) electrons. The molecule has 2 aromatic carbocycles. The number of hydrogen-bond acceptors (Lipinski definition) is 6. The number of halogens is 3. The molecule has 50 heavy (non-hydrogen) atoms. The fourth-order valence-electron chi connectivity index (χ4n) is 7.21. The van der Waals surface area contributed by atoms with Crippen molar-refractivity contribution in [3.8, 4) is 0 Å². The van der Waals surface area contributed by atoms with Crippen LogP contribution in [0.3, 0.4) is 0 Å². The average Bonchev–Trinajstić information content (AvgIpc) is 3.65. The lowest BCUT2D eigenvalue weighted by molar-refractivity contribution is -0.137. The molecule has 3 heterocycles. The van der Waals surface area contributed by atoms with Gasteiger partial charge in [0.1, 0.15) is 17.5 Å². The number of alkyl halides is 3. The summed E-state index contributed by atoms with van der Waals surface area (Å²) in [5, 5.41) is 2.59. The number of ether oxygens (including phenoxy) is 1. The van der Waals surface area contributed by atoms with Gasteiger partial charge in [0.25, 0.3) is 11.8 Å². The van der Waals surface area contributed by atoms with Crippen LogP contribution in [0, 0.1) is 0 Å². The maximum absolute atomic E-state index is 13.7. The maximum Gasteiger partial charge on any atom is 0.416 e. The predicted molar refractivity (Wildman–Crippen MR) is 178 cm³/mol. The van der Waals surface area contributed by atoms with E-state index in [0.717, 1.165) is 28.3 Å². The van der Waals surface area contributed by atoms with Crippen molar-refractivity contribution in [2.75, 3.05) is 19.3 Å². The first-order valence-corrected chi connectivity index (χ1v) is 18.2. The summed E-state index contributed by atoms with van der Waals surface area (Å²) in [7, 11) is -4.06. The highest BCUT2D eigenvalue weighted by molar-refractivity contribution is 7.88. The molecule has 3 aliphatic rings. The fourth-order valence-corrected chi connectivity index (χ4v) is 8.07. The highest BCUT2D eigenvalue weighted by Gasteiger charge is 2.57. The van der Waals surface area contributed by atoms with Gasteiger partial charge in [-0.3, -0.25) is 18.8 Å². The lowest BCUT2D eigenvalue weighted by Gasteiger charge is -2.34. The quantitative estimate of drug-likeness (QED) is 0.300. The lowest BCUT2D eigenvalue weighted by Crippen LogP contribution is -2.44. The number of primary amides is 1. The molecule has 1 aromatic heterocycles. The van der Waals surface area contributed by atoms with E-state index in [1.165, 1.54) is 15.5 Å². The minimum absolute atomic E-state index is 0.0306. The van der Waals surface area contributed by atoms with Crippen LogP contribution < -0.4 is 11.1 Å². The number of carbonyl (C=O) groups excluding carboxylic acids is 3. The Labute approximate surface area is 287 Å². The number of cyclic esters (lactones) is 1. The number of nitrogens with zero attached hydrogens (tertiary/aromatic N) is 3. The van der Waals surface area contributed by atoms with Crippen LogP contribution in [0.25, 0.3) is 5.70 Å². The average molecular weight is 714 g/mol. The van der Waals surface area contributed by atoms with Crippen molar-refractivity contribution in [3.05, 3.63) is 100 Å². The molecule has 3 aromatic rings. The van der Waals surface area contributed by atoms with Crippen LogP contribution in [0.2, 0.25) is 0 Å². The maximum atomic E-state index is 13.7. The zero-order valence-corrected chi connectivity index (χ0v) is 28.6. The van der Waals surface area contributed by atoms with Crippen molar-refractivity contribution in [3.63, 3.8) is 0 Å². The number of likely N-dealkylation sites (N-methyl/N-ethyl adjacent to an activating group) is 1. The van der Waals surface area contributed by atoms with Gasteiger partial charge in [0.15, 0.2) is 0 Å². The lowest BCUT2D eigenvalue weighted by atomic mass is 9.89. The highest BCUT2D eigenvalue weighted by atomic mass is 32.2. The van der Waals surface area contributed by atoms with Gasteiger partial charge in [0.05, 0.1) is 30.4 Å². The summed E-state index contributed by atoms with van der Waals surface area (Å²) < 4.78 is 75.6. The van der Waals surface area contributed by atoms with Crippen LogP contribution in [0.15, 0.2) is 66.4 Å². The van der Waals surface area contributed by atoms with Gasteiger partial charge in [0, 0.05) is 23.9 Å². The highest BCUT2D eigenvalue weighted by Crippen LogP contribution is 2.54. The number of carbonyl (C=O) groups is 3. The van der Waals surface area contributed by atoms with Gasteiger partial charge < -0.3 is 20.4 Å². The third-order valence-corrected chi connectivity index (χ3v) is 10.8. The molecular formula is C35H38F3N5O6S. The monoisotopic (exact) mass is 713 g/mol. The van der Waals surface area contributed by atoms with E-state index in [9.17, 15) is 36.0 Å². The first-order chi connectivity index (χ1) is 23.6. The third kappa shape index (κ3) is 6.22. The van der Waals surface area contributed by atoms with Gasteiger partial charge in [0.2, 0.25) is 10.0 Å². The SMILES string of the molecule is CCNC(=O)C1=C(C(N)=O)n2c([C@H](Cc3ccccc3)[C@@H]3CN(C4(c5cccc(C(F)(F)F)c5)CC4)C(=O)O3)cc(CC)c2CN1S(C)(=O)=O. The Hall–Kier alpha value is -4.79. The molecule has 0 unspecified atom stereocenters. The second kappa shape index (κ2) is 12.8. The van der Waals surface area contributed by atoms with E-state index in [1.54, 1.807) is 13.0 Å². The minimum Gasteiger partial charge on any atom is -0.443 e. The Kier molecular flexibility index (Phi) is 8.99. The van der Waals surface area contributed by atoms with Crippen molar-refractivity contribution in [2.24, 2.45) is 5.73 Å². The van der Waals surface area contributed by atoms with E-state index in [-0.39, 0.29) is 25.3 Å². The Morgan fingerprint density at radius 2 is 1.76 bits per heavy atom. The zero-order valence-electron chi connectivity index (χ0n) is 27.8. The molecule has 2 fully saturated rings. The summed E-state index contributed by atoms with van der Waals surface area (Å²) in [5.74, 6) is -2.49. The third-order valence-electron chi connectivity index (χ3n) is 9.71. The van der Waals surface area contributed by atoms with Crippen LogP contribution in [-0.2, 0) is 55.5 Å². The summed E-state index contributed by atoms with van der Waals surface area (Å²) in [6.45, 7) is 3.45. The van der Waals surface area contributed by atoms with Gasteiger partial charge >= 0.3 is 12.3 Å². The van der Waals surface area contributed by atoms with Gasteiger partial charge in [-0.05, 0) is 67.5 Å². The zero-order chi connectivity index (χ0) is 36.2. The van der Waals surface area contributed by atoms with E-state index < -0.39 is 62.9 Å². The number of hydrogen-bond donors (Lipinski definition) is 2. The predicted octanol–water partition coefficient (Wildman–Crippen LogP) is 4.47. The summed E-state index contributed by atoms with van der Waals surface area (Å²) in [5.41, 5.74) is 6.27. The molecule has 6 rings (SSSR count). The molecule has 0 bridgehead atoms. The number of rotatable bonds is 11. The standard InChI is InChI=1S/C35H38F3N5O6S/c1-4-22-17-26(43-27(22)19-42(50(3,47)48)30(29(43)31(39)44)32(45)40-5-2)25(16-21-10-7-6-8-11-21)28-20-41(33(46)49-28)34(14-15-34)23-12-9-13-24(18-23)35(36,37)38/h6-13,17-18,25,28H,4-5,14-16,19-20H2,1-3H3,(H2,39,44)(H,40,45)/t25-,28-/m0/s1. The van der Waals surface area contributed by atoms with E-state index in [1.807, 2.05) is 43.3 Å². The summed E-state index contributed by atoms with van der Waals surface area (Å²) in [4.78, 5) is 42.0. The van der Waals surface area contributed by atoms with Crippen molar-refractivity contribution >= 4 is 33.6 Å². The summed E-state index contributed by atoms with van der Waals surface area (Å²) in [6, 6.07) is 16.1. The first kappa shape index (κ1) is 35.1. The number of sulfonamides is 1. The fraction of sp³-hybridized carbons (Fsp3) is 0.400. The minimum atomic E-state index is -4.56. The van der Waals surface area contributed by atoms with E-state index >= 15 is 0 Å². The Balaban J connectivity index is 1.49. The number of nitrogens with two attached hydrogens (primary N) is 1. The second-order valence-corrected chi connectivity index (χ2v) is 14.8. The van der Waals surface area contributed by atoms with Gasteiger partial charge in [-0.25, -0.2) is 13.2 Å². The van der Waals surface area contributed by atoms with E-state index in [4.69, 9.17) is 10.5 Å². The molecular weight excluding hydrogens is 675 g/mol. The number of aromatic nitrogens is 1. The molecule has 1 saturated carbocycles. The number of nitrogens with one attached hydrogen (secondary N) is 1. The molecule has 1 saturated heterocycles. The molecule has 3 amide bonds. The Morgan fingerprint density at radius 3 is 2.34 bits per heavy atom. The van der Waals surface area contributed by atoms with E-state index in [2.05, 4.69) is 5.32 Å². The van der Waals surface area contributed by atoms with Gasteiger partial charge in [-0.1, -0.05) is 49.4 Å². The Bertz CT molecular complexity index is 1990. The topological polar surface area (TPSA) is 144 Å². The van der Waals surface area contributed by atoms with E-state index in [0.29, 0.717) is 48.2 Å². The molecule has 0 spiro atoms. The Morgan fingerprint density at radius 1 is 1.06 bits per heavy atom. The number of fused-ring (bicyclic) bond motifs is 1. The van der Waals surface area contributed by atoms with Crippen molar-refractivity contribution in [1.82, 2.24) is 19.1 Å². The number of amides is 3. The summed E-state index contributed by atoms with van der Waals surface area (Å²) in [6.07, 6.45) is -3.50. The van der Waals surface area contributed by atoms with Gasteiger partial charge in [-0.2, -0.15) is 13.2 Å².